The van der Waals surface area contributed by atoms with Gasteiger partial charge in [-0.1, -0.05) is 0 Å². The van der Waals surface area contributed by atoms with Gasteiger partial charge in [0.05, 0.1) is 38.5 Å². The van der Waals surface area contributed by atoms with Gasteiger partial charge in [-0.25, -0.2) is 0 Å². The van der Waals surface area contributed by atoms with Crippen molar-refractivity contribution in [2.45, 2.75) is 25.8 Å². The third kappa shape index (κ3) is 3.39. The molecule has 0 aliphatic carbocycles. The van der Waals surface area contributed by atoms with Crippen LogP contribution in [-0.4, -0.2) is 40.4 Å². The van der Waals surface area contributed by atoms with Gasteiger partial charge in [0, 0.05) is 11.7 Å². The molecule has 0 unspecified atom stereocenters. The summed E-state index contributed by atoms with van der Waals surface area (Å²) in [5.41, 5.74) is 2.43. The molecule has 0 saturated carbocycles. The largest absolute Gasteiger partial charge is 0.497 e. The normalized spacial score (nSPS) is 15.6. The van der Waals surface area contributed by atoms with Crippen LogP contribution in [0.3, 0.4) is 0 Å². The van der Waals surface area contributed by atoms with E-state index < -0.39 is 0 Å². The van der Waals surface area contributed by atoms with Crippen molar-refractivity contribution in [3.05, 3.63) is 39.9 Å². The Hall–Kier alpha value is -2.41. The molecule has 1 aliphatic heterocycles. The summed E-state index contributed by atoms with van der Waals surface area (Å²) in [7, 11) is 6.24. The number of nitrogens with zero attached hydrogens (tertiary/aromatic N) is 1. The van der Waals surface area contributed by atoms with Gasteiger partial charge < -0.3 is 23.8 Å². The second-order valence-electron chi connectivity index (χ2n) is 6.56. The summed E-state index contributed by atoms with van der Waals surface area (Å²) in [5.74, 6) is 1.94. The number of halogens is 1. The molecule has 28 heavy (non-hydrogen) atoms. The van der Waals surface area contributed by atoms with Crippen LogP contribution in [0.4, 0.5) is 5.69 Å². The summed E-state index contributed by atoms with van der Waals surface area (Å²) in [5, 5.41) is 0. The van der Waals surface area contributed by atoms with Crippen LogP contribution in [0.5, 0.6) is 23.0 Å². The van der Waals surface area contributed by atoms with Crippen molar-refractivity contribution in [2.75, 3.05) is 33.3 Å². The number of hydrogen-bond donors (Lipinski definition) is 0. The van der Waals surface area contributed by atoms with E-state index in [2.05, 4.69) is 22.9 Å². The van der Waals surface area contributed by atoms with E-state index in [1.807, 2.05) is 23.1 Å². The maximum absolute atomic E-state index is 13.6. The lowest BCUT2D eigenvalue weighted by Gasteiger charge is -2.36. The SMILES string of the molecule is COc1ccc2c(c1)CC[C@@H](C)N2C(=O)c1cc(OC)c(OC)c(OC)c1Br. The van der Waals surface area contributed by atoms with Crippen molar-refractivity contribution < 1.29 is 23.7 Å². The van der Waals surface area contributed by atoms with E-state index in [-0.39, 0.29) is 11.9 Å². The molecule has 0 saturated heterocycles. The predicted octanol–water partition coefficient (Wildman–Crippen LogP) is 4.47. The van der Waals surface area contributed by atoms with Gasteiger partial charge in [0.15, 0.2) is 11.5 Å². The van der Waals surface area contributed by atoms with Crippen LogP contribution >= 0.6 is 15.9 Å². The maximum Gasteiger partial charge on any atom is 0.259 e. The molecule has 2 aromatic carbocycles. The van der Waals surface area contributed by atoms with Crippen molar-refractivity contribution in [3.8, 4) is 23.0 Å². The van der Waals surface area contributed by atoms with E-state index in [9.17, 15) is 4.79 Å². The zero-order valence-corrected chi connectivity index (χ0v) is 18.3. The molecule has 1 heterocycles. The number of aryl methyl sites for hydroxylation is 1. The van der Waals surface area contributed by atoms with Crippen molar-refractivity contribution in [3.63, 3.8) is 0 Å². The van der Waals surface area contributed by atoms with Crippen molar-refractivity contribution in [1.82, 2.24) is 0 Å². The average Bonchev–Trinajstić information content (AvgIpc) is 2.72. The molecule has 0 radical (unpaired) electrons. The van der Waals surface area contributed by atoms with E-state index >= 15 is 0 Å². The predicted molar refractivity (Wildman–Crippen MR) is 111 cm³/mol. The molecule has 0 spiro atoms. The first-order chi connectivity index (χ1) is 13.5. The molecule has 7 heteroatoms. The number of rotatable bonds is 5. The minimum atomic E-state index is -0.134. The first-order valence-electron chi connectivity index (χ1n) is 8.95. The van der Waals surface area contributed by atoms with Gasteiger partial charge in [-0.2, -0.15) is 0 Å². The fourth-order valence-electron chi connectivity index (χ4n) is 3.57. The molecule has 1 aliphatic rings. The van der Waals surface area contributed by atoms with E-state index in [0.29, 0.717) is 27.3 Å². The number of fused-ring (bicyclic) bond motifs is 1. The van der Waals surface area contributed by atoms with Crippen LogP contribution in [0.25, 0.3) is 0 Å². The Labute approximate surface area is 173 Å². The summed E-state index contributed by atoms with van der Waals surface area (Å²) in [6.45, 7) is 2.05. The fraction of sp³-hybridized carbons (Fsp3) is 0.381. The lowest BCUT2D eigenvalue weighted by atomic mass is 9.95. The highest BCUT2D eigenvalue weighted by molar-refractivity contribution is 9.10. The quantitative estimate of drug-likeness (QED) is 0.673. The van der Waals surface area contributed by atoms with E-state index in [1.54, 1.807) is 13.2 Å². The Kier molecular flexibility index (Phi) is 6.03. The monoisotopic (exact) mass is 449 g/mol. The zero-order chi connectivity index (χ0) is 20.4. The van der Waals surface area contributed by atoms with Crippen molar-refractivity contribution in [1.29, 1.82) is 0 Å². The number of carbonyl (C=O) groups excluding carboxylic acids is 1. The minimum Gasteiger partial charge on any atom is -0.497 e. The summed E-state index contributed by atoms with van der Waals surface area (Å²) < 4.78 is 22.2. The van der Waals surface area contributed by atoms with Gasteiger partial charge in [-0.05, 0) is 65.5 Å². The highest BCUT2D eigenvalue weighted by Crippen LogP contribution is 2.46. The number of carbonyl (C=O) groups is 1. The van der Waals surface area contributed by atoms with Gasteiger partial charge in [0.2, 0.25) is 5.75 Å². The molecule has 2 aromatic rings. The van der Waals surface area contributed by atoms with Crippen molar-refractivity contribution >= 4 is 27.5 Å². The molecule has 1 amide bonds. The minimum absolute atomic E-state index is 0.0550. The second-order valence-corrected chi connectivity index (χ2v) is 7.36. The van der Waals surface area contributed by atoms with E-state index in [4.69, 9.17) is 18.9 Å². The zero-order valence-electron chi connectivity index (χ0n) is 16.7. The molecule has 3 rings (SSSR count). The number of amides is 1. The molecule has 0 aromatic heterocycles. The number of hydrogen-bond acceptors (Lipinski definition) is 5. The lowest BCUT2D eigenvalue weighted by molar-refractivity contribution is 0.0973. The third-order valence-electron chi connectivity index (χ3n) is 5.04. The number of anilines is 1. The second kappa shape index (κ2) is 8.31. The topological polar surface area (TPSA) is 57.2 Å². The Morgan fingerprint density at radius 2 is 1.75 bits per heavy atom. The number of benzene rings is 2. The number of methoxy groups -OCH3 is 4. The molecule has 0 fully saturated rings. The van der Waals surface area contributed by atoms with Gasteiger partial charge in [-0.3, -0.25) is 4.79 Å². The Balaban J connectivity index is 2.12. The van der Waals surface area contributed by atoms with Crippen LogP contribution in [-0.2, 0) is 6.42 Å². The molecule has 0 bridgehead atoms. The standard InChI is InChI=1S/C21H24BrNO5/c1-12-6-7-13-10-14(25-2)8-9-16(13)23(12)21(24)15-11-17(26-3)19(27-4)20(28-5)18(15)22/h8-12H,6-7H2,1-5H3/t12-/m1/s1. The first-order valence-corrected chi connectivity index (χ1v) is 9.75. The van der Waals surface area contributed by atoms with Gasteiger partial charge >= 0.3 is 0 Å². The highest BCUT2D eigenvalue weighted by Gasteiger charge is 2.32. The average molecular weight is 450 g/mol. The van der Waals surface area contributed by atoms with Gasteiger partial charge in [0.25, 0.3) is 5.91 Å². The third-order valence-corrected chi connectivity index (χ3v) is 5.82. The van der Waals surface area contributed by atoms with Crippen LogP contribution in [0.2, 0.25) is 0 Å². The molecule has 0 N–H and O–H groups in total. The molecular weight excluding hydrogens is 426 g/mol. The van der Waals surface area contributed by atoms with Crippen molar-refractivity contribution in [2.24, 2.45) is 0 Å². The molecule has 6 nitrogen and oxygen atoms in total. The summed E-state index contributed by atoms with van der Waals surface area (Å²) in [6.07, 6.45) is 1.77. The molecule has 1 atom stereocenters. The lowest BCUT2D eigenvalue weighted by Crippen LogP contribution is -2.42. The van der Waals surface area contributed by atoms with Gasteiger partial charge in [0.1, 0.15) is 5.75 Å². The highest BCUT2D eigenvalue weighted by atomic mass is 79.9. The Morgan fingerprint density at radius 1 is 1.04 bits per heavy atom. The van der Waals surface area contributed by atoms with Gasteiger partial charge in [-0.15, -0.1) is 0 Å². The Morgan fingerprint density at radius 3 is 2.36 bits per heavy atom. The van der Waals surface area contributed by atoms with Crippen LogP contribution in [0, 0.1) is 0 Å². The maximum atomic E-state index is 13.6. The summed E-state index contributed by atoms with van der Waals surface area (Å²) >= 11 is 3.52. The number of ether oxygens (including phenoxy) is 4. The summed E-state index contributed by atoms with van der Waals surface area (Å²) in [6, 6.07) is 7.54. The van der Waals surface area contributed by atoms with E-state index in [0.717, 1.165) is 29.8 Å². The first kappa shape index (κ1) is 20.3. The Bertz CT molecular complexity index is 899. The fourth-order valence-corrected chi connectivity index (χ4v) is 4.20. The summed E-state index contributed by atoms with van der Waals surface area (Å²) in [4.78, 5) is 15.4. The van der Waals surface area contributed by atoms with Crippen LogP contribution in [0.15, 0.2) is 28.7 Å². The van der Waals surface area contributed by atoms with Crippen LogP contribution < -0.4 is 23.8 Å². The van der Waals surface area contributed by atoms with Crippen LogP contribution in [0.1, 0.15) is 29.3 Å². The van der Waals surface area contributed by atoms with E-state index in [1.165, 1.54) is 21.3 Å². The smallest absolute Gasteiger partial charge is 0.259 e. The molecular formula is C21H24BrNO5. The molecule has 150 valence electrons.